The number of benzene rings is 2. The molecule has 0 N–H and O–H groups in total. The molecule has 3 heteroatoms. The predicted octanol–water partition coefficient (Wildman–Crippen LogP) is 3.85. The maximum atomic E-state index is 12.9. The van der Waals surface area contributed by atoms with Gasteiger partial charge in [-0.2, -0.15) is 0 Å². The van der Waals surface area contributed by atoms with Crippen molar-refractivity contribution in [2.45, 2.75) is 0 Å². The Hall–Kier alpha value is -2.55. The summed E-state index contributed by atoms with van der Waals surface area (Å²) in [5.74, 6) is -0.292. The summed E-state index contributed by atoms with van der Waals surface area (Å²) in [6.07, 6.45) is 0.817. The molecule has 1 aromatic heterocycles. The van der Waals surface area contributed by atoms with E-state index in [1.807, 2.05) is 24.3 Å². The van der Waals surface area contributed by atoms with Crippen molar-refractivity contribution in [3.63, 3.8) is 0 Å². The zero-order valence-electron chi connectivity index (χ0n) is 10.0. The van der Waals surface area contributed by atoms with Crippen LogP contribution < -0.4 is 0 Å². The standard InChI is InChI=1S/C16H10FNO/c17-13-7-5-11(6-8-13)16-9-12(10-19)14-3-1-2-4-15(14)18-16/h1-10H. The van der Waals surface area contributed by atoms with Crippen molar-refractivity contribution in [1.29, 1.82) is 0 Å². The zero-order chi connectivity index (χ0) is 13.2. The molecular formula is C16H10FNO. The van der Waals surface area contributed by atoms with Crippen LogP contribution >= 0.6 is 0 Å². The summed E-state index contributed by atoms with van der Waals surface area (Å²) in [5.41, 5.74) is 2.80. The number of carbonyl (C=O) groups is 1. The van der Waals surface area contributed by atoms with E-state index in [9.17, 15) is 9.18 Å². The van der Waals surface area contributed by atoms with Gasteiger partial charge in [0.1, 0.15) is 5.82 Å². The Bertz CT molecular complexity index is 750. The molecule has 0 fully saturated rings. The van der Waals surface area contributed by atoms with Crippen LogP contribution in [0.25, 0.3) is 22.2 Å². The zero-order valence-corrected chi connectivity index (χ0v) is 10.0. The molecule has 3 rings (SSSR count). The Balaban J connectivity index is 2.24. The summed E-state index contributed by atoms with van der Waals surface area (Å²) in [6, 6.07) is 15.3. The van der Waals surface area contributed by atoms with Gasteiger partial charge in [-0.25, -0.2) is 9.37 Å². The fourth-order valence-corrected chi connectivity index (χ4v) is 2.07. The number of aromatic nitrogens is 1. The Labute approximate surface area is 109 Å². The Morgan fingerprint density at radius 1 is 1.00 bits per heavy atom. The number of rotatable bonds is 2. The second-order valence-electron chi connectivity index (χ2n) is 4.24. The fraction of sp³-hybridized carbons (Fsp3) is 0. The molecule has 19 heavy (non-hydrogen) atoms. The lowest BCUT2D eigenvalue weighted by molar-refractivity contribution is 0.112. The molecule has 0 saturated heterocycles. The van der Waals surface area contributed by atoms with E-state index in [1.54, 1.807) is 18.2 Å². The average molecular weight is 251 g/mol. The highest BCUT2D eigenvalue weighted by atomic mass is 19.1. The van der Waals surface area contributed by atoms with Gasteiger partial charge in [-0.1, -0.05) is 18.2 Å². The van der Waals surface area contributed by atoms with Gasteiger partial charge in [-0.05, 0) is 36.4 Å². The minimum atomic E-state index is -0.292. The predicted molar refractivity (Wildman–Crippen MR) is 72.5 cm³/mol. The third-order valence-corrected chi connectivity index (χ3v) is 3.02. The Morgan fingerprint density at radius 3 is 2.47 bits per heavy atom. The molecule has 0 bridgehead atoms. The van der Waals surface area contributed by atoms with Crippen LogP contribution in [0.4, 0.5) is 4.39 Å². The van der Waals surface area contributed by atoms with E-state index in [4.69, 9.17) is 0 Å². The largest absolute Gasteiger partial charge is 0.298 e. The van der Waals surface area contributed by atoms with E-state index in [2.05, 4.69) is 4.98 Å². The van der Waals surface area contributed by atoms with Gasteiger partial charge < -0.3 is 0 Å². The van der Waals surface area contributed by atoms with E-state index in [1.165, 1.54) is 12.1 Å². The van der Waals surface area contributed by atoms with Crippen molar-refractivity contribution in [1.82, 2.24) is 4.98 Å². The number of pyridine rings is 1. The summed E-state index contributed by atoms with van der Waals surface area (Å²) in [6.45, 7) is 0. The van der Waals surface area contributed by atoms with E-state index in [0.29, 0.717) is 11.3 Å². The molecule has 0 saturated carbocycles. The van der Waals surface area contributed by atoms with Crippen LogP contribution in [0.2, 0.25) is 0 Å². The van der Waals surface area contributed by atoms with Gasteiger partial charge in [0.25, 0.3) is 0 Å². The van der Waals surface area contributed by atoms with E-state index in [-0.39, 0.29) is 5.82 Å². The first-order chi connectivity index (χ1) is 9.28. The van der Waals surface area contributed by atoms with Crippen LogP contribution in [-0.4, -0.2) is 11.3 Å². The average Bonchev–Trinajstić information content (AvgIpc) is 2.47. The molecule has 0 aliphatic heterocycles. The van der Waals surface area contributed by atoms with Crippen LogP contribution in [0, 0.1) is 5.82 Å². The van der Waals surface area contributed by atoms with Crippen LogP contribution in [0.5, 0.6) is 0 Å². The lowest BCUT2D eigenvalue weighted by Gasteiger charge is -2.05. The monoisotopic (exact) mass is 251 g/mol. The molecule has 0 radical (unpaired) electrons. The molecule has 0 spiro atoms. The molecule has 0 atom stereocenters. The first-order valence-electron chi connectivity index (χ1n) is 5.89. The Kier molecular flexibility index (Phi) is 2.80. The quantitative estimate of drug-likeness (QED) is 0.647. The summed E-state index contributed by atoms with van der Waals surface area (Å²) < 4.78 is 12.9. The molecule has 0 aliphatic rings. The molecule has 1 heterocycles. The van der Waals surface area contributed by atoms with Crippen LogP contribution in [0.1, 0.15) is 10.4 Å². The minimum Gasteiger partial charge on any atom is -0.298 e. The lowest BCUT2D eigenvalue weighted by Crippen LogP contribution is -1.91. The third-order valence-electron chi connectivity index (χ3n) is 3.02. The highest BCUT2D eigenvalue weighted by Gasteiger charge is 2.06. The second kappa shape index (κ2) is 4.61. The van der Waals surface area contributed by atoms with Gasteiger partial charge in [0.15, 0.2) is 6.29 Å². The van der Waals surface area contributed by atoms with Crippen molar-refractivity contribution in [2.24, 2.45) is 0 Å². The first kappa shape index (κ1) is 11.5. The van der Waals surface area contributed by atoms with Gasteiger partial charge in [-0.3, -0.25) is 4.79 Å². The van der Waals surface area contributed by atoms with Crippen LogP contribution in [0.15, 0.2) is 54.6 Å². The summed E-state index contributed by atoms with van der Waals surface area (Å²) in [4.78, 5) is 15.7. The minimum absolute atomic E-state index is 0.292. The highest BCUT2D eigenvalue weighted by molar-refractivity contribution is 5.98. The molecule has 0 aliphatic carbocycles. The SMILES string of the molecule is O=Cc1cc(-c2ccc(F)cc2)nc2ccccc12. The highest BCUT2D eigenvalue weighted by Crippen LogP contribution is 2.23. The number of carbonyl (C=O) groups excluding carboxylic acids is 1. The molecule has 0 amide bonds. The normalized spacial score (nSPS) is 10.6. The van der Waals surface area contributed by atoms with Crippen molar-refractivity contribution in [2.75, 3.05) is 0 Å². The fourth-order valence-electron chi connectivity index (χ4n) is 2.07. The first-order valence-corrected chi connectivity index (χ1v) is 5.89. The molecule has 2 aromatic carbocycles. The van der Waals surface area contributed by atoms with Gasteiger partial charge in [0.05, 0.1) is 11.2 Å². The number of para-hydroxylation sites is 1. The number of aldehydes is 1. The van der Waals surface area contributed by atoms with Gasteiger partial charge >= 0.3 is 0 Å². The summed E-state index contributed by atoms with van der Waals surface area (Å²) in [7, 11) is 0. The molecule has 0 unspecified atom stereocenters. The topological polar surface area (TPSA) is 30.0 Å². The van der Waals surface area contributed by atoms with E-state index < -0.39 is 0 Å². The number of fused-ring (bicyclic) bond motifs is 1. The van der Waals surface area contributed by atoms with Crippen molar-refractivity contribution in [3.8, 4) is 11.3 Å². The van der Waals surface area contributed by atoms with Crippen LogP contribution in [-0.2, 0) is 0 Å². The van der Waals surface area contributed by atoms with E-state index >= 15 is 0 Å². The van der Waals surface area contributed by atoms with Gasteiger partial charge in [0.2, 0.25) is 0 Å². The third kappa shape index (κ3) is 2.10. The maximum Gasteiger partial charge on any atom is 0.150 e. The smallest absolute Gasteiger partial charge is 0.150 e. The van der Waals surface area contributed by atoms with Crippen molar-refractivity contribution >= 4 is 17.2 Å². The Morgan fingerprint density at radius 2 is 1.74 bits per heavy atom. The van der Waals surface area contributed by atoms with Crippen LogP contribution in [0.3, 0.4) is 0 Å². The number of hydrogen-bond acceptors (Lipinski definition) is 2. The van der Waals surface area contributed by atoms with E-state index in [0.717, 1.165) is 22.8 Å². The van der Waals surface area contributed by atoms with Crippen molar-refractivity contribution < 1.29 is 9.18 Å². The lowest BCUT2D eigenvalue weighted by atomic mass is 10.0. The van der Waals surface area contributed by atoms with Crippen molar-refractivity contribution in [3.05, 3.63) is 66.0 Å². The molecule has 3 aromatic rings. The maximum absolute atomic E-state index is 12.9. The number of hydrogen-bond donors (Lipinski definition) is 0. The summed E-state index contributed by atoms with van der Waals surface area (Å²) in [5, 5.41) is 0.823. The molecule has 2 nitrogen and oxygen atoms in total. The molecule has 92 valence electrons. The van der Waals surface area contributed by atoms with Gasteiger partial charge in [-0.15, -0.1) is 0 Å². The summed E-state index contributed by atoms with van der Waals surface area (Å²) >= 11 is 0. The number of nitrogens with zero attached hydrogens (tertiary/aromatic N) is 1. The second-order valence-corrected chi connectivity index (χ2v) is 4.24. The molecular weight excluding hydrogens is 241 g/mol. The van der Waals surface area contributed by atoms with Gasteiger partial charge in [0, 0.05) is 16.5 Å². The number of halogens is 1.